The third-order valence-corrected chi connectivity index (χ3v) is 5.36. The summed E-state index contributed by atoms with van der Waals surface area (Å²) >= 11 is 0. The van der Waals surface area contributed by atoms with Crippen molar-refractivity contribution in [3.63, 3.8) is 0 Å². The number of rotatable bonds is 5. The van der Waals surface area contributed by atoms with Crippen LogP contribution in [0.5, 0.6) is 0 Å². The fourth-order valence-electron chi connectivity index (χ4n) is 3.61. The summed E-state index contributed by atoms with van der Waals surface area (Å²) in [6, 6.07) is 18.4. The van der Waals surface area contributed by atoms with Gasteiger partial charge in [0.15, 0.2) is 0 Å². The van der Waals surface area contributed by atoms with Crippen LogP contribution in [0.4, 0.5) is 5.82 Å². The Morgan fingerprint density at radius 1 is 0.688 bits per heavy atom. The van der Waals surface area contributed by atoms with Gasteiger partial charge in [-0.05, 0) is 61.4 Å². The molecule has 0 aliphatic rings. The lowest BCUT2D eigenvalue weighted by atomic mass is 10.1. The SMILES string of the molecule is Cc1ccc(-c2ccc3c(NCc4ccc(-c5ccnc(C)c5)nc4)ncnc3c2)cn1. The van der Waals surface area contributed by atoms with Gasteiger partial charge in [0, 0.05) is 53.0 Å². The van der Waals surface area contributed by atoms with E-state index in [9.17, 15) is 0 Å². The summed E-state index contributed by atoms with van der Waals surface area (Å²) in [4.78, 5) is 22.2. The largest absolute Gasteiger partial charge is 0.365 e. The molecule has 156 valence electrons. The highest BCUT2D eigenvalue weighted by Gasteiger charge is 2.07. The lowest BCUT2D eigenvalue weighted by molar-refractivity contribution is 1.08. The van der Waals surface area contributed by atoms with Crippen molar-refractivity contribution in [3.05, 3.63) is 96.5 Å². The van der Waals surface area contributed by atoms with E-state index in [1.165, 1.54) is 0 Å². The first kappa shape index (κ1) is 19.8. The molecule has 0 atom stereocenters. The smallest absolute Gasteiger partial charge is 0.137 e. The Bertz CT molecular complexity index is 1380. The standard InChI is InChI=1S/C26H22N6/c1-17-3-5-22(15-28-17)20-6-7-23-25(12-20)31-16-32-26(23)30-14-19-4-8-24(29-13-19)21-9-10-27-18(2)11-21/h3-13,15-16H,14H2,1-2H3,(H,30,31,32). The molecule has 1 aromatic carbocycles. The van der Waals surface area contributed by atoms with Crippen molar-refractivity contribution in [2.75, 3.05) is 5.32 Å². The summed E-state index contributed by atoms with van der Waals surface area (Å²) in [7, 11) is 0. The maximum absolute atomic E-state index is 4.61. The van der Waals surface area contributed by atoms with Crippen molar-refractivity contribution in [1.29, 1.82) is 0 Å². The monoisotopic (exact) mass is 418 g/mol. The first-order valence-corrected chi connectivity index (χ1v) is 10.5. The van der Waals surface area contributed by atoms with Crippen LogP contribution in [0.15, 0.2) is 79.5 Å². The summed E-state index contributed by atoms with van der Waals surface area (Å²) < 4.78 is 0. The van der Waals surface area contributed by atoms with Crippen molar-refractivity contribution in [2.45, 2.75) is 20.4 Å². The molecule has 0 spiro atoms. The second-order valence-electron chi connectivity index (χ2n) is 7.73. The second kappa shape index (κ2) is 8.51. The Hall–Kier alpha value is -4.19. The summed E-state index contributed by atoms with van der Waals surface area (Å²) in [5, 5.41) is 4.41. The van der Waals surface area contributed by atoms with Crippen LogP contribution in [-0.2, 0) is 6.54 Å². The molecule has 6 heteroatoms. The normalized spacial score (nSPS) is 10.9. The summed E-state index contributed by atoms with van der Waals surface area (Å²) in [6.45, 7) is 4.59. The molecule has 0 bridgehead atoms. The molecule has 0 amide bonds. The predicted octanol–water partition coefficient (Wildman–Crippen LogP) is 5.38. The number of fused-ring (bicyclic) bond motifs is 1. The maximum atomic E-state index is 4.61. The molecule has 5 rings (SSSR count). The quantitative estimate of drug-likeness (QED) is 0.413. The third kappa shape index (κ3) is 4.16. The summed E-state index contributed by atoms with van der Waals surface area (Å²) in [5.41, 5.74) is 8.11. The highest BCUT2D eigenvalue weighted by molar-refractivity contribution is 5.91. The molecule has 6 nitrogen and oxygen atoms in total. The van der Waals surface area contributed by atoms with Crippen molar-refractivity contribution in [2.24, 2.45) is 0 Å². The van der Waals surface area contributed by atoms with E-state index in [1.54, 1.807) is 6.33 Å². The average Bonchev–Trinajstić information content (AvgIpc) is 2.83. The number of aryl methyl sites for hydroxylation is 2. The molecular formula is C26H22N6. The van der Waals surface area contributed by atoms with Crippen LogP contribution in [0.25, 0.3) is 33.3 Å². The van der Waals surface area contributed by atoms with Crippen LogP contribution in [0.3, 0.4) is 0 Å². The summed E-state index contributed by atoms with van der Waals surface area (Å²) in [6.07, 6.45) is 7.18. The van der Waals surface area contributed by atoms with Crippen LogP contribution in [0.2, 0.25) is 0 Å². The minimum Gasteiger partial charge on any atom is -0.365 e. The topological polar surface area (TPSA) is 76.5 Å². The third-order valence-electron chi connectivity index (χ3n) is 5.36. The lowest BCUT2D eigenvalue weighted by Gasteiger charge is -2.10. The van der Waals surface area contributed by atoms with Gasteiger partial charge in [-0.25, -0.2) is 9.97 Å². The minimum absolute atomic E-state index is 0.623. The first-order chi connectivity index (χ1) is 15.7. The van der Waals surface area contributed by atoms with Crippen LogP contribution in [-0.4, -0.2) is 24.9 Å². The molecule has 0 saturated heterocycles. The van der Waals surface area contributed by atoms with Crippen molar-refractivity contribution in [3.8, 4) is 22.4 Å². The fraction of sp³-hybridized carbons (Fsp3) is 0.115. The number of aromatic nitrogens is 5. The Morgan fingerprint density at radius 3 is 2.38 bits per heavy atom. The van der Waals surface area contributed by atoms with E-state index in [1.807, 2.05) is 56.7 Å². The molecule has 0 aliphatic heterocycles. The molecule has 0 unspecified atom stereocenters. The van der Waals surface area contributed by atoms with Crippen LogP contribution < -0.4 is 5.32 Å². The number of hydrogen-bond acceptors (Lipinski definition) is 6. The van der Waals surface area contributed by atoms with E-state index in [4.69, 9.17) is 0 Å². The van der Waals surface area contributed by atoms with Gasteiger partial charge in [0.2, 0.25) is 0 Å². The average molecular weight is 419 g/mol. The van der Waals surface area contributed by atoms with Crippen molar-refractivity contribution < 1.29 is 0 Å². The lowest BCUT2D eigenvalue weighted by Crippen LogP contribution is -2.03. The van der Waals surface area contributed by atoms with Gasteiger partial charge in [-0.2, -0.15) is 0 Å². The van der Waals surface area contributed by atoms with E-state index < -0.39 is 0 Å². The molecule has 4 aromatic heterocycles. The molecule has 0 saturated carbocycles. The molecule has 0 radical (unpaired) electrons. The zero-order chi connectivity index (χ0) is 21.9. The van der Waals surface area contributed by atoms with Gasteiger partial charge >= 0.3 is 0 Å². The Labute approximate surface area is 186 Å². The fourth-order valence-corrected chi connectivity index (χ4v) is 3.61. The highest BCUT2D eigenvalue weighted by atomic mass is 15.0. The van der Waals surface area contributed by atoms with Gasteiger partial charge in [0.25, 0.3) is 0 Å². The minimum atomic E-state index is 0.623. The van der Waals surface area contributed by atoms with Crippen molar-refractivity contribution in [1.82, 2.24) is 24.9 Å². The van der Waals surface area contributed by atoms with Gasteiger partial charge in [-0.3, -0.25) is 15.0 Å². The second-order valence-corrected chi connectivity index (χ2v) is 7.73. The van der Waals surface area contributed by atoms with Gasteiger partial charge < -0.3 is 5.32 Å². The zero-order valence-electron chi connectivity index (χ0n) is 17.9. The Kier molecular flexibility index (Phi) is 5.25. The van der Waals surface area contributed by atoms with Crippen LogP contribution in [0, 0.1) is 13.8 Å². The molecule has 0 aliphatic carbocycles. The zero-order valence-corrected chi connectivity index (χ0v) is 17.9. The molecule has 32 heavy (non-hydrogen) atoms. The van der Waals surface area contributed by atoms with Crippen LogP contribution in [0.1, 0.15) is 17.0 Å². The molecule has 4 heterocycles. The van der Waals surface area contributed by atoms with Crippen LogP contribution >= 0.6 is 0 Å². The van der Waals surface area contributed by atoms with Gasteiger partial charge in [-0.15, -0.1) is 0 Å². The number of nitrogens with zero attached hydrogens (tertiary/aromatic N) is 5. The van der Waals surface area contributed by atoms with E-state index in [0.29, 0.717) is 6.54 Å². The molecule has 0 fully saturated rings. The van der Waals surface area contributed by atoms with Gasteiger partial charge in [0.1, 0.15) is 12.1 Å². The maximum Gasteiger partial charge on any atom is 0.137 e. The van der Waals surface area contributed by atoms with Gasteiger partial charge in [-0.1, -0.05) is 18.2 Å². The highest BCUT2D eigenvalue weighted by Crippen LogP contribution is 2.26. The first-order valence-electron chi connectivity index (χ1n) is 10.5. The predicted molar refractivity (Wildman–Crippen MR) is 127 cm³/mol. The molecule has 5 aromatic rings. The molecular weight excluding hydrogens is 396 g/mol. The van der Waals surface area contributed by atoms with E-state index in [0.717, 1.165) is 56.1 Å². The van der Waals surface area contributed by atoms with Crippen molar-refractivity contribution >= 4 is 16.7 Å². The Morgan fingerprint density at radius 2 is 1.59 bits per heavy atom. The van der Waals surface area contributed by atoms with E-state index in [2.05, 4.69) is 60.6 Å². The summed E-state index contributed by atoms with van der Waals surface area (Å²) in [5.74, 6) is 0.803. The number of nitrogens with one attached hydrogen (secondary N) is 1. The number of hydrogen-bond donors (Lipinski definition) is 1. The number of benzene rings is 1. The number of pyridine rings is 3. The number of anilines is 1. The van der Waals surface area contributed by atoms with E-state index in [-0.39, 0.29) is 0 Å². The molecule has 1 N–H and O–H groups in total. The van der Waals surface area contributed by atoms with Gasteiger partial charge in [0.05, 0.1) is 11.2 Å². The Balaban J connectivity index is 1.34. The van der Waals surface area contributed by atoms with E-state index >= 15 is 0 Å².